The van der Waals surface area contributed by atoms with Gasteiger partial charge in [0.1, 0.15) is 5.82 Å². The van der Waals surface area contributed by atoms with Gasteiger partial charge in [-0.1, -0.05) is 28.9 Å². The van der Waals surface area contributed by atoms with E-state index in [1.807, 2.05) is 0 Å². The number of benzene rings is 2. The molecular weight excluding hydrogens is 409 g/mol. The monoisotopic (exact) mass is 427 g/mol. The summed E-state index contributed by atoms with van der Waals surface area (Å²) in [7, 11) is 0. The molecule has 154 valence electrons. The van der Waals surface area contributed by atoms with E-state index in [0.29, 0.717) is 48.9 Å². The van der Waals surface area contributed by atoms with E-state index in [1.54, 1.807) is 46.2 Å². The number of amides is 2. The van der Waals surface area contributed by atoms with Gasteiger partial charge in [-0.15, -0.1) is 5.10 Å². The van der Waals surface area contributed by atoms with Crippen molar-refractivity contribution in [3.8, 4) is 5.69 Å². The second-order valence-corrected chi connectivity index (χ2v) is 7.35. The summed E-state index contributed by atoms with van der Waals surface area (Å²) in [6.07, 6.45) is 2.17. The third kappa shape index (κ3) is 4.18. The van der Waals surface area contributed by atoms with Crippen LogP contribution in [0.4, 0.5) is 4.39 Å². The Kier molecular flexibility index (Phi) is 5.76. The Labute approximate surface area is 177 Å². The fourth-order valence-corrected chi connectivity index (χ4v) is 3.59. The summed E-state index contributed by atoms with van der Waals surface area (Å²) in [6.45, 7) is 1.84. The number of carbonyl (C=O) groups is 2. The maximum Gasteiger partial charge on any atom is 0.276 e. The van der Waals surface area contributed by atoms with Crippen molar-refractivity contribution in [2.75, 3.05) is 26.2 Å². The molecule has 1 saturated heterocycles. The Morgan fingerprint density at radius 3 is 2.27 bits per heavy atom. The number of halogens is 2. The normalized spacial score (nSPS) is 14.5. The van der Waals surface area contributed by atoms with Crippen molar-refractivity contribution in [1.29, 1.82) is 0 Å². The lowest BCUT2D eigenvalue weighted by Crippen LogP contribution is -2.37. The molecule has 30 heavy (non-hydrogen) atoms. The number of aromatic nitrogens is 3. The van der Waals surface area contributed by atoms with Gasteiger partial charge in [0.15, 0.2) is 5.69 Å². The molecule has 1 aromatic heterocycles. The highest BCUT2D eigenvalue weighted by Gasteiger charge is 2.25. The van der Waals surface area contributed by atoms with Crippen molar-refractivity contribution < 1.29 is 14.0 Å². The van der Waals surface area contributed by atoms with Gasteiger partial charge >= 0.3 is 0 Å². The third-order valence-corrected chi connectivity index (χ3v) is 5.31. The highest BCUT2D eigenvalue weighted by atomic mass is 35.5. The standard InChI is InChI=1S/C21H19ClFN5O2/c22-18-5-2-1-4-17(18)20(29)26-10-3-11-27(13-12-26)21(30)19-14-28(25-24-19)16-8-6-15(23)7-9-16/h1-2,4-9,14H,3,10-13H2. The maximum atomic E-state index is 13.1. The summed E-state index contributed by atoms with van der Waals surface area (Å²) in [5.41, 5.74) is 1.27. The van der Waals surface area contributed by atoms with E-state index in [2.05, 4.69) is 10.3 Å². The molecule has 0 spiro atoms. The van der Waals surface area contributed by atoms with Crippen molar-refractivity contribution >= 4 is 23.4 Å². The number of hydrogen-bond acceptors (Lipinski definition) is 4. The fraction of sp³-hybridized carbons (Fsp3) is 0.238. The molecule has 0 N–H and O–H groups in total. The summed E-state index contributed by atoms with van der Waals surface area (Å²) in [6, 6.07) is 12.7. The van der Waals surface area contributed by atoms with Gasteiger partial charge < -0.3 is 9.80 Å². The topological polar surface area (TPSA) is 71.3 Å². The minimum atomic E-state index is -0.351. The molecule has 3 aromatic rings. The fourth-order valence-electron chi connectivity index (χ4n) is 3.37. The number of rotatable bonds is 3. The molecule has 0 radical (unpaired) electrons. The van der Waals surface area contributed by atoms with E-state index in [9.17, 15) is 14.0 Å². The van der Waals surface area contributed by atoms with Gasteiger partial charge in [-0.25, -0.2) is 9.07 Å². The van der Waals surface area contributed by atoms with Crippen LogP contribution in [-0.2, 0) is 0 Å². The Morgan fingerprint density at radius 2 is 1.57 bits per heavy atom. The molecule has 2 aromatic carbocycles. The van der Waals surface area contributed by atoms with Gasteiger partial charge in [0.05, 0.1) is 22.5 Å². The van der Waals surface area contributed by atoms with Gasteiger partial charge in [-0.05, 0) is 42.8 Å². The van der Waals surface area contributed by atoms with Gasteiger partial charge in [0, 0.05) is 26.2 Å². The van der Waals surface area contributed by atoms with E-state index in [4.69, 9.17) is 11.6 Å². The van der Waals surface area contributed by atoms with Crippen molar-refractivity contribution in [2.45, 2.75) is 6.42 Å². The summed E-state index contributed by atoms with van der Waals surface area (Å²) < 4.78 is 14.5. The second-order valence-electron chi connectivity index (χ2n) is 6.94. The summed E-state index contributed by atoms with van der Waals surface area (Å²) >= 11 is 6.15. The Hall–Kier alpha value is -3.26. The molecule has 2 amide bonds. The molecule has 0 saturated carbocycles. The number of hydrogen-bond donors (Lipinski definition) is 0. The van der Waals surface area contributed by atoms with Crippen molar-refractivity contribution in [1.82, 2.24) is 24.8 Å². The van der Waals surface area contributed by atoms with E-state index in [0.717, 1.165) is 0 Å². The molecular formula is C21H19ClFN5O2. The predicted octanol–water partition coefficient (Wildman–Crippen LogP) is 3.05. The zero-order valence-electron chi connectivity index (χ0n) is 16.0. The second kappa shape index (κ2) is 8.62. The highest BCUT2D eigenvalue weighted by molar-refractivity contribution is 6.33. The quantitative estimate of drug-likeness (QED) is 0.644. The molecule has 0 atom stereocenters. The average Bonchev–Trinajstić information content (AvgIpc) is 3.11. The Bertz CT molecular complexity index is 1070. The first-order chi connectivity index (χ1) is 14.5. The van der Waals surface area contributed by atoms with Crippen molar-refractivity contribution in [3.05, 3.63) is 76.8 Å². The van der Waals surface area contributed by atoms with Gasteiger partial charge in [0.25, 0.3) is 11.8 Å². The smallest absolute Gasteiger partial charge is 0.276 e. The third-order valence-electron chi connectivity index (χ3n) is 4.98. The molecule has 1 fully saturated rings. The molecule has 0 bridgehead atoms. The molecule has 2 heterocycles. The minimum absolute atomic E-state index is 0.142. The predicted molar refractivity (Wildman–Crippen MR) is 109 cm³/mol. The summed E-state index contributed by atoms with van der Waals surface area (Å²) in [4.78, 5) is 29.0. The molecule has 0 unspecified atom stereocenters. The van der Waals surface area contributed by atoms with E-state index in [-0.39, 0.29) is 23.3 Å². The van der Waals surface area contributed by atoms with Gasteiger partial charge in [0.2, 0.25) is 0 Å². The van der Waals surface area contributed by atoms with Crippen LogP contribution in [0.2, 0.25) is 5.02 Å². The van der Waals surface area contributed by atoms with Crippen LogP contribution in [0.1, 0.15) is 27.3 Å². The van der Waals surface area contributed by atoms with Crippen LogP contribution in [-0.4, -0.2) is 62.8 Å². The van der Waals surface area contributed by atoms with E-state index >= 15 is 0 Å². The molecule has 9 heteroatoms. The average molecular weight is 428 g/mol. The first kappa shape index (κ1) is 20.0. The van der Waals surface area contributed by atoms with Crippen LogP contribution in [0, 0.1) is 5.82 Å². The van der Waals surface area contributed by atoms with Crippen LogP contribution in [0.15, 0.2) is 54.7 Å². The van der Waals surface area contributed by atoms with Crippen LogP contribution in [0.3, 0.4) is 0 Å². The molecule has 1 aliphatic heterocycles. The lowest BCUT2D eigenvalue weighted by molar-refractivity contribution is 0.0715. The van der Waals surface area contributed by atoms with Crippen molar-refractivity contribution in [3.63, 3.8) is 0 Å². The first-order valence-corrected chi connectivity index (χ1v) is 9.92. The Balaban J connectivity index is 1.43. The van der Waals surface area contributed by atoms with Crippen LogP contribution < -0.4 is 0 Å². The van der Waals surface area contributed by atoms with Crippen LogP contribution in [0.5, 0.6) is 0 Å². The lowest BCUT2D eigenvalue weighted by atomic mass is 10.2. The maximum absolute atomic E-state index is 13.1. The zero-order valence-corrected chi connectivity index (χ0v) is 16.8. The highest BCUT2D eigenvalue weighted by Crippen LogP contribution is 2.18. The van der Waals surface area contributed by atoms with Crippen LogP contribution in [0.25, 0.3) is 5.69 Å². The minimum Gasteiger partial charge on any atom is -0.337 e. The van der Waals surface area contributed by atoms with Crippen molar-refractivity contribution in [2.24, 2.45) is 0 Å². The van der Waals surface area contributed by atoms with E-state index in [1.165, 1.54) is 23.0 Å². The Morgan fingerprint density at radius 1 is 0.900 bits per heavy atom. The molecule has 1 aliphatic rings. The summed E-state index contributed by atoms with van der Waals surface area (Å²) in [5, 5.41) is 8.34. The zero-order chi connectivity index (χ0) is 21.1. The lowest BCUT2D eigenvalue weighted by Gasteiger charge is -2.22. The molecule has 4 rings (SSSR count). The first-order valence-electron chi connectivity index (χ1n) is 9.54. The largest absolute Gasteiger partial charge is 0.337 e. The van der Waals surface area contributed by atoms with E-state index < -0.39 is 0 Å². The van der Waals surface area contributed by atoms with Crippen LogP contribution >= 0.6 is 11.6 Å². The van der Waals surface area contributed by atoms with Gasteiger partial charge in [-0.3, -0.25) is 9.59 Å². The molecule has 0 aliphatic carbocycles. The molecule has 7 nitrogen and oxygen atoms in total. The number of nitrogens with zero attached hydrogens (tertiary/aromatic N) is 5. The van der Waals surface area contributed by atoms with Gasteiger partial charge in [-0.2, -0.15) is 0 Å². The SMILES string of the molecule is O=C(c1cn(-c2ccc(F)cc2)nn1)N1CCCN(C(=O)c2ccccc2Cl)CC1. The summed E-state index contributed by atoms with van der Waals surface area (Å²) in [5.74, 6) is -0.747. The number of carbonyl (C=O) groups excluding carboxylic acids is 2.